The summed E-state index contributed by atoms with van der Waals surface area (Å²) in [7, 11) is 3.19. The summed E-state index contributed by atoms with van der Waals surface area (Å²) in [5, 5.41) is 0. The van der Waals surface area contributed by atoms with Gasteiger partial charge in [-0.1, -0.05) is 6.92 Å². The molecule has 1 saturated carbocycles. The molecule has 1 fully saturated rings. The van der Waals surface area contributed by atoms with Gasteiger partial charge in [-0.2, -0.15) is 0 Å². The quantitative estimate of drug-likeness (QED) is 0.645. The highest BCUT2D eigenvalue weighted by Gasteiger charge is 2.33. The third kappa shape index (κ3) is 3.83. The van der Waals surface area contributed by atoms with Crippen LogP contribution in [0, 0.1) is 11.8 Å². The summed E-state index contributed by atoms with van der Waals surface area (Å²) in [6, 6.07) is 0. The molecule has 16 heavy (non-hydrogen) atoms. The van der Waals surface area contributed by atoms with Crippen LogP contribution in [0.1, 0.15) is 32.6 Å². The molecule has 0 aromatic heterocycles. The van der Waals surface area contributed by atoms with Gasteiger partial charge in [-0.25, -0.2) is 0 Å². The number of esters is 1. The van der Waals surface area contributed by atoms with Crippen LogP contribution in [-0.4, -0.2) is 37.5 Å². The number of hydrogen-bond acceptors (Lipinski definition) is 3. The van der Waals surface area contributed by atoms with E-state index in [4.69, 9.17) is 0 Å². The monoisotopic (exact) mass is 227 g/mol. The van der Waals surface area contributed by atoms with E-state index < -0.39 is 0 Å². The molecule has 0 saturated heterocycles. The highest BCUT2D eigenvalue weighted by molar-refractivity contribution is 5.78. The summed E-state index contributed by atoms with van der Waals surface area (Å²) < 4.78 is 4.55. The smallest absolute Gasteiger partial charge is 0.305 e. The summed E-state index contributed by atoms with van der Waals surface area (Å²) in [6.07, 6.45) is 3.42. The molecule has 1 unspecified atom stereocenters. The van der Waals surface area contributed by atoms with Crippen LogP contribution in [0.3, 0.4) is 0 Å². The minimum atomic E-state index is -0.212. The molecule has 0 bridgehead atoms. The molecule has 1 atom stereocenters. The minimum Gasteiger partial charge on any atom is -0.469 e. The Morgan fingerprint density at radius 1 is 1.44 bits per heavy atom. The summed E-state index contributed by atoms with van der Waals surface area (Å²) in [5.41, 5.74) is 0. The van der Waals surface area contributed by atoms with Crippen LogP contribution in [0.4, 0.5) is 0 Å². The van der Waals surface area contributed by atoms with Gasteiger partial charge >= 0.3 is 5.97 Å². The van der Waals surface area contributed by atoms with Crippen LogP contribution in [0.5, 0.6) is 0 Å². The first-order valence-electron chi connectivity index (χ1n) is 5.88. The van der Waals surface area contributed by atoms with Crippen LogP contribution < -0.4 is 0 Å². The SMILES string of the molecule is COC(=O)CCCN(C)C(=O)C(C)C1CC1. The van der Waals surface area contributed by atoms with Crippen molar-refractivity contribution in [2.75, 3.05) is 20.7 Å². The maximum absolute atomic E-state index is 11.9. The average molecular weight is 227 g/mol. The zero-order valence-electron chi connectivity index (χ0n) is 10.4. The van der Waals surface area contributed by atoms with Gasteiger partial charge in [0.15, 0.2) is 0 Å². The predicted molar refractivity (Wildman–Crippen MR) is 60.8 cm³/mol. The standard InChI is InChI=1S/C12H21NO3/c1-9(10-6-7-10)12(15)13(2)8-4-5-11(14)16-3/h9-10H,4-8H2,1-3H3. The van der Waals surface area contributed by atoms with E-state index >= 15 is 0 Å². The fourth-order valence-corrected chi connectivity index (χ4v) is 1.82. The van der Waals surface area contributed by atoms with Crippen molar-refractivity contribution >= 4 is 11.9 Å². The van der Waals surface area contributed by atoms with Gasteiger partial charge < -0.3 is 9.64 Å². The lowest BCUT2D eigenvalue weighted by Crippen LogP contribution is -2.33. The van der Waals surface area contributed by atoms with E-state index in [2.05, 4.69) is 4.74 Å². The van der Waals surface area contributed by atoms with Crippen LogP contribution in [-0.2, 0) is 14.3 Å². The Morgan fingerprint density at radius 3 is 2.56 bits per heavy atom. The van der Waals surface area contributed by atoms with Crippen LogP contribution >= 0.6 is 0 Å². The highest BCUT2D eigenvalue weighted by Crippen LogP contribution is 2.37. The lowest BCUT2D eigenvalue weighted by molar-refractivity contribution is -0.141. The molecule has 1 aliphatic rings. The largest absolute Gasteiger partial charge is 0.469 e. The summed E-state index contributed by atoms with van der Waals surface area (Å²) >= 11 is 0. The molecular formula is C12H21NO3. The van der Waals surface area contributed by atoms with Crippen molar-refractivity contribution < 1.29 is 14.3 Å². The molecule has 1 rings (SSSR count). The number of ether oxygens (including phenoxy) is 1. The van der Waals surface area contributed by atoms with Gasteiger partial charge in [0, 0.05) is 25.9 Å². The van der Waals surface area contributed by atoms with E-state index in [-0.39, 0.29) is 17.8 Å². The van der Waals surface area contributed by atoms with Gasteiger partial charge in [-0.3, -0.25) is 9.59 Å². The number of amides is 1. The maximum atomic E-state index is 11.9. The van der Waals surface area contributed by atoms with E-state index in [0.29, 0.717) is 25.3 Å². The third-order valence-corrected chi connectivity index (χ3v) is 3.20. The second kappa shape index (κ2) is 5.87. The van der Waals surface area contributed by atoms with Crippen LogP contribution in [0.2, 0.25) is 0 Å². The van der Waals surface area contributed by atoms with Crippen molar-refractivity contribution in [1.29, 1.82) is 0 Å². The molecule has 4 heteroatoms. The zero-order chi connectivity index (χ0) is 12.1. The van der Waals surface area contributed by atoms with Crippen molar-refractivity contribution in [1.82, 2.24) is 4.90 Å². The topological polar surface area (TPSA) is 46.6 Å². The summed E-state index contributed by atoms with van der Waals surface area (Å²) in [4.78, 5) is 24.5. The molecule has 0 N–H and O–H groups in total. The summed E-state index contributed by atoms with van der Waals surface area (Å²) in [6.45, 7) is 2.63. The molecule has 4 nitrogen and oxygen atoms in total. The van der Waals surface area contributed by atoms with E-state index in [1.165, 1.54) is 20.0 Å². The predicted octanol–water partition coefficient (Wildman–Crippen LogP) is 1.44. The Balaban J connectivity index is 2.20. The van der Waals surface area contributed by atoms with Crippen molar-refractivity contribution in [2.45, 2.75) is 32.6 Å². The minimum absolute atomic E-state index is 0.142. The first-order chi connectivity index (χ1) is 7.56. The number of rotatable bonds is 6. The zero-order valence-corrected chi connectivity index (χ0v) is 10.4. The van der Waals surface area contributed by atoms with E-state index in [1.807, 2.05) is 6.92 Å². The maximum Gasteiger partial charge on any atom is 0.305 e. The van der Waals surface area contributed by atoms with E-state index in [9.17, 15) is 9.59 Å². The molecule has 0 radical (unpaired) electrons. The molecule has 0 aromatic carbocycles. The van der Waals surface area contributed by atoms with E-state index in [1.54, 1.807) is 11.9 Å². The third-order valence-electron chi connectivity index (χ3n) is 3.20. The van der Waals surface area contributed by atoms with Gasteiger partial charge in [0.1, 0.15) is 0 Å². The first-order valence-corrected chi connectivity index (χ1v) is 5.88. The lowest BCUT2D eigenvalue weighted by Gasteiger charge is -2.20. The molecule has 0 spiro atoms. The Morgan fingerprint density at radius 2 is 2.06 bits per heavy atom. The number of carbonyl (C=O) groups excluding carboxylic acids is 2. The lowest BCUT2D eigenvalue weighted by atomic mass is 10.1. The van der Waals surface area contributed by atoms with Crippen molar-refractivity contribution in [3.05, 3.63) is 0 Å². The Labute approximate surface area is 96.9 Å². The Bertz CT molecular complexity index is 261. The first kappa shape index (κ1) is 13.0. The fraction of sp³-hybridized carbons (Fsp3) is 0.833. The number of hydrogen-bond donors (Lipinski definition) is 0. The molecular weight excluding hydrogens is 206 g/mol. The number of nitrogens with zero attached hydrogens (tertiary/aromatic N) is 1. The van der Waals surface area contributed by atoms with Gasteiger partial charge in [0.05, 0.1) is 7.11 Å². The number of carbonyl (C=O) groups is 2. The fourth-order valence-electron chi connectivity index (χ4n) is 1.82. The van der Waals surface area contributed by atoms with E-state index in [0.717, 1.165) is 0 Å². The van der Waals surface area contributed by atoms with Crippen molar-refractivity contribution in [3.63, 3.8) is 0 Å². The van der Waals surface area contributed by atoms with Crippen molar-refractivity contribution in [3.8, 4) is 0 Å². The Kier molecular flexibility index (Phi) is 4.77. The van der Waals surface area contributed by atoms with Gasteiger partial charge in [0.2, 0.25) is 5.91 Å². The number of methoxy groups -OCH3 is 1. The summed E-state index contributed by atoms with van der Waals surface area (Å²) in [5.74, 6) is 0.724. The molecule has 1 amide bonds. The second-order valence-corrected chi connectivity index (χ2v) is 4.57. The normalized spacial score (nSPS) is 16.7. The average Bonchev–Trinajstić information content (AvgIpc) is 3.10. The van der Waals surface area contributed by atoms with Gasteiger partial charge in [-0.15, -0.1) is 0 Å². The van der Waals surface area contributed by atoms with Crippen LogP contribution in [0.25, 0.3) is 0 Å². The molecule has 1 aliphatic carbocycles. The molecule has 92 valence electrons. The van der Waals surface area contributed by atoms with Crippen molar-refractivity contribution in [2.24, 2.45) is 11.8 Å². The van der Waals surface area contributed by atoms with Crippen LogP contribution in [0.15, 0.2) is 0 Å². The molecule has 0 heterocycles. The van der Waals surface area contributed by atoms with Gasteiger partial charge in [-0.05, 0) is 25.2 Å². The highest BCUT2D eigenvalue weighted by atomic mass is 16.5. The molecule has 0 aromatic rings. The second-order valence-electron chi connectivity index (χ2n) is 4.57. The molecule has 0 aliphatic heterocycles. The Hall–Kier alpha value is -1.06. The van der Waals surface area contributed by atoms with Gasteiger partial charge in [0.25, 0.3) is 0 Å².